The molecule has 0 aliphatic heterocycles. The highest BCUT2D eigenvalue weighted by atomic mass is 16.6. The van der Waals surface area contributed by atoms with E-state index in [-0.39, 0.29) is 29.7 Å². The van der Waals surface area contributed by atoms with Crippen LogP contribution in [0.3, 0.4) is 0 Å². The summed E-state index contributed by atoms with van der Waals surface area (Å²) in [6.07, 6.45) is -4.54. The Morgan fingerprint density at radius 3 is 1.74 bits per heavy atom. The molecule has 234 valence electrons. The first kappa shape index (κ1) is 34.7. The summed E-state index contributed by atoms with van der Waals surface area (Å²) in [5.74, 6) is -4.23. The van der Waals surface area contributed by atoms with Crippen molar-refractivity contribution >= 4 is 29.8 Å². The van der Waals surface area contributed by atoms with Crippen LogP contribution in [0.5, 0.6) is 0 Å². The molecule has 0 spiro atoms. The first-order chi connectivity index (χ1) is 19.4. The fourth-order valence-corrected chi connectivity index (χ4v) is 5.85. The maximum atomic E-state index is 12.5. The quantitative estimate of drug-likeness (QED) is 0.262. The third kappa shape index (κ3) is 8.28. The molecule has 12 nitrogen and oxygen atoms in total. The summed E-state index contributed by atoms with van der Waals surface area (Å²) in [6.45, 7) is 12.2. The van der Waals surface area contributed by atoms with Crippen molar-refractivity contribution in [3.05, 3.63) is 34.1 Å². The summed E-state index contributed by atoms with van der Waals surface area (Å²) in [5, 5.41) is 21.4. The van der Waals surface area contributed by atoms with Gasteiger partial charge in [0.1, 0.15) is 18.3 Å². The lowest BCUT2D eigenvalue weighted by molar-refractivity contribution is -0.156. The number of aliphatic hydroxyl groups excluding tert-OH is 2. The van der Waals surface area contributed by atoms with Gasteiger partial charge in [0.15, 0.2) is 11.9 Å². The molecule has 2 N–H and O–H groups in total. The van der Waals surface area contributed by atoms with Gasteiger partial charge in [-0.2, -0.15) is 0 Å². The topological polar surface area (TPSA) is 172 Å². The maximum Gasteiger partial charge on any atom is 0.307 e. The molecule has 0 unspecified atom stereocenters. The van der Waals surface area contributed by atoms with Gasteiger partial charge >= 0.3 is 29.8 Å². The van der Waals surface area contributed by atoms with Crippen LogP contribution in [0.1, 0.15) is 75.2 Å². The zero-order valence-corrected chi connectivity index (χ0v) is 25.6. The first-order valence-corrected chi connectivity index (χ1v) is 13.7. The molecule has 0 saturated carbocycles. The molecule has 0 saturated heterocycles. The second kappa shape index (κ2) is 14.1. The average molecular weight is 595 g/mol. The Balaban J connectivity index is 3.13. The van der Waals surface area contributed by atoms with Gasteiger partial charge in [-0.15, -0.1) is 0 Å². The van der Waals surface area contributed by atoms with Gasteiger partial charge in [-0.05, 0) is 48.5 Å². The van der Waals surface area contributed by atoms with E-state index in [1.165, 1.54) is 33.8 Å². The largest absolute Gasteiger partial charge is 0.458 e. The van der Waals surface area contributed by atoms with Crippen molar-refractivity contribution in [1.29, 1.82) is 0 Å². The predicted molar refractivity (Wildman–Crippen MR) is 147 cm³/mol. The van der Waals surface area contributed by atoms with Gasteiger partial charge in [0, 0.05) is 52.5 Å². The van der Waals surface area contributed by atoms with Crippen LogP contribution in [-0.4, -0.2) is 77.2 Å². The number of carbonyl (C=O) groups excluding carboxylic acids is 5. The molecule has 2 aliphatic carbocycles. The summed E-state index contributed by atoms with van der Waals surface area (Å²) in [4.78, 5) is 61.5. The highest BCUT2D eigenvalue weighted by Crippen LogP contribution is 2.51. The lowest BCUT2D eigenvalue weighted by Gasteiger charge is -2.48. The van der Waals surface area contributed by atoms with E-state index < -0.39 is 78.3 Å². The van der Waals surface area contributed by atoms with Crippen molar-refractivity contribution in [2.45, 2.75) is 106 Å². The molecule has 2 rings (SSSR count). The average Bonchev–Trinajstić information content (AvgIpc) is 2.83. The molecule has 2 aliphatic rings. The van der Waals surface area contributed by atoms with Crippen LogP contribution >= 0.6 is 0 Å². The lowest BCUT2D eigenvalue weighted by atomic mass is 9.60. The number of fused-ring (bicyclic) bond motifs is 2. The Morgan fingerprint density at radius 2 is 1.29 bits per heavy atom. The molecule has 42 heavy (non-hydrogen) atoms. The number of hydrogen-bond acceptors (Lipinski definition) is 12. The fraction of sp³-hybridized carbons (Fsp3) is 0.633. The number of carbonyl (C=O) groups is 5. The molecule has 0 aromatic rings. The van der Waals surface area contributed by atoms with E-state index in [4.69, 9.17) is 23.7 Å². The number of aliphatic hydroxyl groups is 2. The molecular weight excluding hydrogens is 552 g/mol. The third-order valence-electron chi connectivity index (χ3n) is 7.65. The highest BCUT2D eigenvalue weighted by molar-refractivity contribution is 5.70. The molecule has 6 atom stereocenters. The van der Waals surface area contributed by atoms with E-state index in [9.17, 15) is 34.2 Å². The van der Waals surface area contributed by atoms with Crippen molar-refractivity contribution in [2.24, 2.45) is 11.3 Å². The standard InChI is InChI=1S/C30H42O12/c1-14-24(38-16(3)32)11-22-26(40-18(5)34)10-21(13-31)23(37)12-25(39-17(4)33)15(2)28(41-19(6)35)29(42-20(7)36)27(14)30(22,8)9/h10,22-26,29,31,37H,11-13H2,1-9H3/b21-10+,28-15-/t22-,23-,24+,25+,26+,29-/m1/s1. The van der Waals surface area contributed by atoms with Gasteiger partial charge in [0.2, 0.25) is 0 Å². The Morgan fingerprint density at radius 1 is 0.786 bits per heavy atom. The Hall–Kier alpha value is -3.51. The summed E-state index contributed by atoms with van der Waals surface area (Å²) in [5.41, 5.74) is 0.177. The summed E-state index contributed by atoms with van der Waals surface area (Å²) in [7, 11) is 0. The van der Waals surface area contributed by atoms with Crippen LogP contribution in [-0.2, 0) is 47.7 Å². The second-order valence-corrected chi connectivity index (χ2v) is 11.2. The van der Waals surface area contributed by atoms with Crippen LogP contribution in [0.15, 0.2) is 34.1 Å². The predicted octanol–water partition coefficient (Wildman–Crippen LogP) is 2.60. The van der Waals surface area contributed by atoms with Gasteiger partial charge < -0.3 is 33.9 Å². The molecule has 12 heteroatoms. The normalized spacial score (nSPS) is 30.9. The Kier molecular flexibility index (Phi) is 11.7. The van der Waals surface area contributed by atoms with Crippen molar-refractivity contribution in [3.8, 4) is 0 Å². The molecule has 0 amide bonds. The third-order valence-corrected chi connectivity index (χ3v) is 7.65. The lowest BCUT2D eigenvalue weighted by Crippen LogP contribution is -2.49. The molecule has 2 bridgehead atoms. The second-order valence-electron chi connectivity index (χ2n) is 11.2. The van der Waals surface area contributed by atoms with Crippen molar-refractivity contribution < 1.29 is 57.9 Å². The zero-order chi connectivity index (χ0) is 32.1. The van der Waals surface area contributed by atoms with Crippen LogP contribution in [0.2, 0.25) is 0 Å². The van der Waals surface area contributed by atoms with Crippen molar-refractivity contribution in [2.75, 3.05) is 6.61 Å². The smallest absolute Gasteiger partial charge is 0.307 e. The molecule has 0 radical (unpaired) electrons. The molecule has 0 fully saturated rings. The minimum Gasteiger partial charge on any atom is -0.458 e. The van der Waals surface area contributed by atoms with E-state index in [0.717, 1.165) is 13.8 Å². The minimum atomic E-state index is -1.40. The first-order valence-electron chi connectivity index (χ1n) is 13.7. The van der Waals surface area contributed by atoms with E-state index >= 15 is 0 Å². The number of esters is 5. The van der Waals surface area contributed by atoms with Crippen LogP contribution in [0.25, 0.3) is 0 Å². The number of hydrogen-bond donors (Lipinski definition) is 2. The molecule has 0 aromatic carbocycles. The van der Waals surface area contributed by atoms with Gasteiger partial charge in [-0.1, -0.05) is 13.8 Å². The number of ether oxygens (including phenoxy) is 5. The SMILES string of the molecule is CC(=O)O/C1=C(/C)[C@@H](OC(C)=O)C[C@@H](O)/C(CO)=C/[C@H](OC(C)=O)[C@H]2C[C@H](OC(C)=O)C(C)=C([C@H]1OC(C)=O)C2(C)C. The van der Waals surface area contributed by atoms with Gasteiger partial charge in [0.05, 0.1) is 12.7 Å². The molecular formula is C30H42O12. The minimum absolute atomic E-state index is 0.0880. The van der Waals surface area contributed by atoms with Crippen molar-refractivity contribution in [1.82, 2.24) is 0 Å². The Labute approximate surface area is 245 Å². The Bertz CT molecular complexity index is 1190. The highest BCUT2D eigenvalue weighted by Gasteiger charge is 2.51. The van der Waals surface area contributed by atoms with Crippen LogP contribution < -0.4 is 0 Å². The van der Waals surface area contributed by atoms with Gasteiger partial charge in [0.25, 0.3) is 0 Å². The van der Waals surface area contributed by atoms with Gasteiger partial charge in [-0.25, -0.2) is 0 Å². The van der Waals surface area contributed by atoms with Gasteiger partial charge in [-0.3, -0.25) is 24.0 Å². The van der Waals surface area contributed by atoms with Crippen LogP contribution in [0, 0.1) is 11.3 Å². The number of rotatable bonds is 6. The molecule has 0 aromatic heterocycles. The van der Waals surface area contributed by atoms with Crippen LogP contribution in [0.4, 0.5) is 0 Å². The zero-order valence-electron chi connectivity index (χ0n) is 25.6. The monoisotopic (exact) mass is 594 g/mol. The summed E-state index contributed by atoms with van der Waals surface area (Å²) < 4.78 is 28.4. The maximum absolute atomic E-state index is 12.5. The van der Waals surface area contributed by atoms with E-state index in [1.54, 1.807) is 6.92 Å². The summed E-state index contributed by atoms with van der Waals surface area (Å²) >= 11 is 0. The fourth-order valence-electron chi connectivity index (χ4n) is 5.85. The van der Waals surface area contributed by atoms with E-state index in [0.29, 0.717) is 11.1 Å². The van der Waals surface area contributed by atoms with E-state index in [1.807, 2.05) is 13.8 Å². The van der Waals surface area contributed by atoms with Crippen molar-refractivity contribution in [3.63, 3.8) is 0 Å². The molecule has 0 heterocycles. The summed E-state index contributed by atoms with van der Waals surface area (Å²) in [6, 6.07) is 0. The van der Waals surface area contributed by atoms with E-state index in [2.05, 4.69) is 0 Å².